The van der Waals surface area contributed by atoms with E-state index < -0.39 is 0 Å². The van der Waals surface area contributed by atoms with Crippen LogP contribution in [0.4, 0.5) is 0 Å². The lowest BCUT2D eigenvalue weighted by Crippen LogP contribution is -2.40. The number of benzene rings is 1. The van der Waals surface area contributed by atoms with Crippen LogP contribution in [0, 0.1) is 6.92 Å². The molecule has 0 N–H and O–H groups in total. The molecule has 6 heteroatoms. The Morgan fingerprint density at radius 3 is 2.65 bits per heavy atom. The van der Waals surface area contributed by atoms with Crippen LogP contribution < -0.4 is 4.74 Å². The van der Waals surface area contributed by atoms with Crippen molar-refractivity contribution in [1.82, 2.24) is 19.9 Å². The molecular formula is C25H28N4O2. The highest BCUT2D eigenvalue weighted by atomic mass is 16.5. The van der Waals surface area contributed by atoms with E-state index >= 15 is 0 Å². The minimum absolute atomic E-state index is 0.0474. The van der Waals surface area contributed by atoms with E-state index in [2.05, 4.69) is 9.97 Å². The second kappa shape index (κ2) is 9.69. The number of piperidine rings is 1. The van der Waals surface area contributed by atoms with Gasteiger partial charge in [-0.2, -0.15) is 0 Å². The van der Waals surface area contributed by atoms with E-state index in [0.717, 1.165) is 59.8 Å². The predicted molar refractivity (Wildman–Crippen MR) is 120 cm³/mol. The van der Waals surface area contributed by atoms with Gasteiger partial charge in [-0.15, -0.1) is 0 Å². The highest BCUT2D eigenvalue weighted by molar-refractivity contribution is 5.80. The van der Waals surface area contributed by atoms with Crippen molar-refractivity contribution in [3.63, 3.8) is 0 Å². The second-order valence-corrected chi connectivity index (χ2v) is 7.80. The first-order chi connectivity index (χ1) is 15.2. The fourth-order valence-electron chi connectivity index (χ4n) is 4.16. The molecule has 0 saturated carbocycles. The molecule has 3 aromatic rings. The Morgan fingerprint density at radius 2 is 1.90 bits per heavy atom. The topological polar surface area (TPSA) is 68.2 Å². The van der Waals surface area contributed by atoms with E-state index in [0.29, 0.717) is 13.0 Å². The van der Waals surface area contributed by atoms with Gasteiger partial charge >= 0.3 is 0 Å². The lowest BCUT2D eigenvalue weighted by Gasteiger charge is -2.36. The van der Waals surface area contributed by atoms with Gasteiger partial charge < -0.3 is 9.64 Å². The van der Waals surface area contributed by atoms with Gasteiger partial charge in [-0.3, -0.25) is 9.78 Å². The fraction of sp³-hybridized carbons (Fsp3) is 0.360. The molecule has 1 aliphatic heterocycles. The summed E-state index contributed by atoms with van der Waals surface area (Å²) in [6, 6.07) is 11.7. The largest absolute Gasteiger partial charge is 0.494 e. The molecule has 1 aliphatic rings. The molecule has 0 spiro atoms. The van der Waals surface area contributed by atoms with Gasteiger partial charge in [0.15, 0.2) is 0 Å². The van der Waals surface area contributed by atoms with Crippen LogP contribution in [0.3, 0.4) is 0 Å². The molecule has 0 aliphatic carbocycles. The summed E-state index contributed by atoms with van der Waals surface area (Å²) in [5.74, 6) is 1.68. The molecule has 31 heavy (non-hydrogen) atoms. The van der Waals surface area contributed by atoms with Gasteiger partial charge in [0.2, 0.25) is 5.91 Å². The molecule has 1 amide bonds. The highest BCUT2D eigenvalue weighted by Crippen LogP contribution is 2.36. The third-order valence-corrected chi connectivity index (χ3v) is 5.66. The minimum atomic E-state index is -0.0474. The van der Waals surface area contributed by atoms with E-state index in [1.165, 1.54) is 0 Å². The van der Waals surface area contributed by atoms with Crippen LogP contribution in [0.5, 0.6) is 5.75 Å². The van der Waals surface area contributed by atoms with E-state index in [4.69, 9.17) is 9.72 Å². The molecule has 1 aromatic carbocycles. The van der Waals surface area contributed by atoms with Crippen LogP contribution in [0.2, 0.25) is 0 Å². The van der Waals surface area contributed by atoms with Crippen LogP contribution >= 0.6 is 0 Å². The monoisotopic (exact) mass is 416 g/mol. The standard InChI is InChI=1S/C25H28N4O2/c1-3-31-21-9-7-19(8-10-21)16-24(30)29-15-5-4-6-23(29)25-22(17-27-18(2)28-25)20-11-13-26-14-12-20/h7-14,17,23H,3-6,15-16H2,1-2H3/t23-/m1/s1. The fourth-order valence-corrected chi connectivity index (χ4v) is 4.16. The zero-order valence-corrected chi connectivity index (χ0v) is 18.1. The Morgan fingerprint density at radius 1 is 1.13 bits per heavy atom. The number of pyridine rings is 1. The maximum absolute atomic E-state index is 13.3. The summed E-state index contributed by atoms with van der Waals surface area (Å²) in [5.41, 5.74) is 3.91. The summed E-state index contributed by atoms with van der Waals surface area (Å²) in [7, 11) is 0. The molecule has 4 rings (SSSR count). The third-order valence-electron chi connectivity index (χ3n) is 5.66. The highest BCUT2D eigenvalue weighted by Gasteiger charge is 2.31. The van der Waals surface area contributed by atoms with Crippen molar-refractivity contribution in [2.24, 2.45) is 0 Å². The number of hydrogen-bond donors (Lipinski definition) is 0. The first-order valence-corrected chi connectivity index (χ1v) is 10.9. The maximum Gasteiger partial charge on any atom is 0.227 e. The number of likely N-dealkylation sites (tertiary alicyclic amines) is 1. The minimum Gasteiger partial charge on any atom is -0.494 e. The third kappa shape index (κ3) is 4.90. The number of ether oxygens (including phenoxy) is 1. The smallest absolute Gasteiger partial charge is 0.227 e. The summed E-state index contributed by atoms with van der Waals surface area (Å²) in [6.07, 6.45) is 8.79. The Hall–Kier alpha value is -3.28. The van der Waals surface area contributed by atoms with E-state index in [1.54, 1.807) is 12.4 Å². The average molecular weight is 417 g/mol. The number of carbonyl (C=O) groups is 1. The van der Waals surface area contributed by atoms with Crippen molar-refractivity contribution < 1.29 is 9.53 Å². The second-order valence-electron chi connectivity index (χ2n) is 7.80. The SMILES string of the molecule is CCOc1ccc(CC(=O)N2CCCC[C@@H]2c2nc(C)ncc2-c2ccncc2)cc1. The van der Waals surface area contributed by atoms with Gasteiger partial charge in [0, 0.05) is 30.7 Å². The van der Waals surface area contributed by atoms with E-state index in [-0.39, 0.29) is 11.9 Å². The summed E-state index contributed by atoms with van der Waals surface area (Å²) >= 11 is 0. The summed E-state index contributed by atoms with van der Waals surface area (Å²) in [4.78, 5) is 28.7. The molecule has 1 saturated heterocycles. The lowest BCUT2D eigenvalue weighted by atomic mass is 9.93. The molecule has 3 heterocycles. The molecule has 0 radical (unpaired) electrons. The molecule has 160 valence electrons. The summed E-state index contributed by atoms with van der Waals surface area (Å²) in [6.45, 7) is 5.24. The normalized spacial score (nSPS) is 16.2. The zero-order valence-electron chi connectivity index (χ0n) is 18.1. The van der Waals surface area contributed by atoms with Crippen molar-refractivity contribution in [2.75, 3.05) is 13.2 Å². The van der Waals surface area contributed by atoms with Gasteiger partial charge in [0.25, 0.3) is 0 Å². The molecule has 0 unspecified atom stereocenters. The molecule has 2 aromatic heterocycles. The van der Waals surface area contributed by atoms with Crippen LogP contribution in [0.1, 0.15) is 49.3 Å². The van der Waals surface area contributed by atoms with Gasteiger partial charge in [-0.25, -0.2) is 9.97 Å². The Labute approximate surface area is 183 Å². The summed E-state index contributed by atoms with van der Waals surface area (Å²) in [5, 5.41) is 0. The molecule has 1 atom stereocenters. The van der Waals surface area contributed by atoms with Crippen LogP contribution in [-0.2, 0) is 11.2 Å². The number of aromatic nitrogens is 3. The Bertz CT molecular complexity index is 1020. The van der Waals surface area contributed by atoms with E-state index in [1.807, 2.05) is 61.3 Å². The van der Waals surface area contributed by atoms with Crippen LogP contribution in [0.25, 0.3) is 11.1 Å². The van der Waals surface area contributed by atoms with Gasteiger partial charge in [-0.1, -0.05) is 12.1 Å². The van der Waals surface area contributed by atoms with Crippen molar-refractivity contribution in [3.8, 4) is 16.9 Å². The first kappa shape index (κ1) is 21.0. The first-order valence-electron chi connectivity index (χ1n) is 10.9. The lowest BCUT2D eigenvalue weighted by molar-refractivity contribution is -0.134. The Kier molecular flexibility index (Phi) is 6.55. The van der Waals surface area contributed by atoms with E-state index in [9.17, 15) is 4.79 Å². The van der Waals surface area contributed by atoms with Crippen molar-refractivity contribution in [1.29, 1.82) is 0 Å². The Balaban J connectivity index is 1.61. The van der Waals surface area contributed by atoms with Gasteiger partial charge in [-0.05, 0) is 68.5 Å². The molecular weight excluding hydrogens is 388 g/mol. The zero-order chi connectivity index (χ0) is 21.6. The summed E-state index contributed by atoms with van der Waals surface area (Å²) < 4.78 is 5.51. The number of hydrogen-bond acceptors (Lipinski definition) is 5. The molecule has 6 nitrogen and oxygen atoms in total. The number of nitrogens with zero attached hydrogens (tertiary/aromatic N) is 4. The van der Waals surface area contributed by atoms with Gasteiger partial charge in [0.1, 0.15) is 11.6 Å². The molecule has 1 fully saturated rings. The van der Waals surface area contributed by atoms with Crippen molar-refractivity contribution in [3.05, 3.63) is 72.1 Å². The van der Waals surface area contributed by atoms with Crippen LogP contribution in [-0.4, -0.2) is 38.9 Å². The number of rotatable bonds is 6. The number of carbonyl (C=O) groups excluding carboxylic acids is 1. The quantitative estimate of drug-likeness (QED) is 0.590. The van der Waals surface area contributed by atoms with Crippen LogP contribution in [0.15, 0.2) is 55.0 Å². The number of amides is 1. The van der Waals surface area contributed by atoms with Crippen molar-refractivity contribution in [2.45, 2.75) is 45.6 Å². The maximum atomic E-state index is 13.3. The number of aryl methyl sites for hydroxylation is 1. The van der Waals surface area contributed by atoms with Crippen molar-refractivity contribution >= 4 is 5.91 Å². The predicted octanol–water partition coefficient (Wildman–Crippen LogP) is 4.54. The van der Waals surface area contributed by atoms with Gasteiger partial charge in [0.05, 0.1) is 24.8 Å². The average Bonchev–Trinajstić information content (AvgIpc) is 2.81. The molecule has 0 bridgehead atoms.